The molecule has 0 aliphatic carbocycles. The Balaban J connectivity index is 1.61. The lowest BCUT2D eigenvalue weighted by atomic mass is 10.0. The molecule has 0 aliphatic rings. The summed E-state index contributed by atoms with van der Waals surface area (Å²) in [5, 5.41) is 29.6. The number of carboxylic acids is 1. The van der Waals surface area contributed by atoms with Crippen LogP contribution in [-0.2, 0) is 39.2 Å². The molecular weight excluding hydrogens is 534 g/mol. The maximum absolute atomic E-state index is 12.6. The number of aryl methyl sites for hydroxylation is 1. The number of carbonyl (C=O) groups excluding carboxylic acids is 4. The first kappa shape index (κ1) is 30.3. The first-order valence-corrected chi connectivity index (χ1v) is 12.6. The number of aliphatic carboxylic acids is 1. The summed E-state index contributed by atoms with van der Waals surface area (Å²) in [7, 11) is 1.40. The highest BCUT2D eigenvalue weighted by molar-refractivity contribution is 6.03. The van der Waals surface area contributed by atoms with E-state index >= 15 is 0 Å². The molecule has 6 N–H and O–H groups in total. The molecule has 13 nitrogen and oxygen atoms in total. The van der Waals surface area contributed by atoms with Gasteiger partial charge in [0.1, 0.15) is 17.9 Å². The summed E-state index contributed by atoms with van der Waals surface area (Å²) < 4.78 is 1.15. The van der Waals surface area contributed by atoms with E-state index in [0.717, 1.165) is 10.1 Å². The number of fused-ring (bicyclic) bond motifs is 1. The number of hydrogen-bond acceptors (Lipinski definition) is 7. The van der Waals surface area contributed by atoms with E-state index in [1.807, 2.05) is 30.3 Å². The first-order chi connectivity index (χ1) is 19.5. The average Bonchev–Trinajstić information content (AvgIpc) is 2.92. The van der Waals surface area contributed by atoms with Crippen LogP contribution in [0.3, 0.4) is 0 Å². The van der Waals surface area contributed by atoms with Crippen LogP contribution in [0.25, 0.3) is 10.9 Å². The number of hydrogen-bond donors (Lipinski definition) is 6. The fourth-order valence-corrected chi connectivity index (χ4v) is 4.24. The van der Waals surface area contributed by atoms with Crippen LogP contribution in [0.2, 0.25) is 0 Å². The van der Waals surface area contributed by atoms with Gasteiger partial charge in [0.2, 0.25) is 17.7 Å². The maximum Gasteiger partial charge on any atom is 0.322 e. The van der Waals surface area contributed by atoms with E-state index in [2.05, 4.69) is 21.3 Å². The quantitative estimate of drug-likeness (QED) is 0.175. The van der Waals surface area contributed by atoms with Crippen molar-refractivity contribution in [3.63, 3.8) is 0 Å². The zero-order valence-corrected chi connectivity index (χ0v) is 22.5. The lowest BCUT2D eigenvalue weighted by Crippen LogP contribution is -2.42. The molecule has 1 aromatic heterocycles. The van der Waals surface area contributed by atoms with Crippen molar-refractivity contribution in [3.8, 4) is 5.75 Å². The molecule has 1 atom stereocenters. The molecule has 0 saturated heterocycles. The van der Waals surface area contributed by atoms with Crippen molar-refractivity contribution in [1.29, 1.82) is 0 Å². The Hall–Kier alpha value is -5.20. The van der Waals surface area contributed by atoms with Gasteiger partial charge in [-0.1, -0.05) is 36.4 Å². The first-order valence-electron chi connectivity index (χ1n) is 12.6. The van der Waals surface area contributed by atoms with E-state index in [9.17, 15) is 33.9 Å². The number of aromatic hydroxyl groups is 1. The van der Waals surface area contributed by atoms with E-state index in [4.69, 9.17) is 5.11 Å². The molecule has 41 heavy (non-hydrogen) atoms. The monoisotopic (exact) mass is 565 g/mol. The highest BCUT2D eigenvalue weighted by Crippen LogP contribution is 2.27. The number of nitrogens with zero attached hydrogens (tertiary/aromatic N) is 1. The van der Waals surface area contributed by atoms with Crippen molar-refractivity contribution >= 4 is 40.5 Å². The second kappa shape index (κ2) is 13.7. The molecule has 0 fully saturated rings. The van der Waals surface area contributed by atoms with Gasteiger partial charge in [-0.05, 0) is 29.7 Å². The van der Waals surface area contributed by atoms with Crippen LogP contribution in [0.1, 0.15) is 34.8 Å². The van der Waals surface area contributed by atoms with Gasteiger partial charge in [-0.3, -0.25) is 28.8 Å². The molecule has 0 radical (unpaired) electrons. The molecular formula is C28H31N5O8. The summed E-state index contributed by atoms with van der Waals surface area (Å²) in [6.45, 7) is 0.335. The topological polar surface area (TPSA) is 196 Å². The Morgan fingerprint density at radius 3 is 2.27 bits per heavy atom. The molecule has 0 spiro atoms. The molecule has 0 aliphatic heterocycles. The predicted molar refractivity (Wildman–Crippen MR) is 148 cm³/mol. The van der Waals surface area contributed by atoms with Crippen LogP contribution in [-0.4, -0.2) is 63.5 Å². The summed E-state index contributed by atoms with van der Waals surface area (Å²) in [5.74, 6) is -4.14. The van der Waals surface area contributed by atoms with Crippen LogP contribution >= 0.6 is 0 Å². The molecule has 0 bridgehead atoms. The number of amides is 4. The van der Waals surface area contributed by atoms with Gasteiger partial charge in [0.05, 0.1) is 12.1 Å². The van der Waals surface area contributed by atoms with Crippen LogP contribution in [0.15, 0.2) is 53.3 Å². The summed E-state index contributed by atoms with van der Waals surface area (Å²) >= 11 is 0. The zero-order valence-electron chi connectivity index (χ0n) is 22.5. The molecule has 3 aromatic rings. The van der Waals surface area contributed by atoms with Crippen molar-refractivity contribution in [2.24, 2.45) is 7.05 Å². The van der Waals surface area contributed by atoms with Gasteiger partial charge in [0.25, 0.3) is 11.5 Å². The van der Waals surface area contributed by atoms with Crippen LogP contribution < -0.4 is 26.8 Å². The molecule has 1 heterocycles. The SMILES string of the molecule is CC(=O)N[C@H](CC(=O)NCC(=O)NCc1ccc2c(c1)c(O)c(C(=O)NCC(=O)O)c(=O)n2C)Cc1ccccc1. The summed E-state index contributed by atoms with van der Waals surface area (Å²) in [6, 6.07) is 13.6. The largest absolute Gasteiger partial charge is 0.506 e. The Kier molecular flexibility index (Phi) is 10.2. The third kappa shape index (κ3) is 8.39. The Labute approximate surface area is 234 Å². The van der Waals surface area contributed by atoms with Crippen LogP contribution in [0.5, 0.6) is 5.75 Å². The minimum atomic E-state index is -1.32. The third-order valence-corrected chi connectivity index (χ3v) is 6.16. The van der Waals surface area contributed by atoms with Gasteiger partial charge < -0.3 is 36.0 Å². The van der Waals surface area contributed by atoms with E-state index in [0.29, 0.717) is 17.5 Å². The molecule has 4 amide bonds. The highest BCUT2D eigenvalue weighted by atomic mass is 16.4. The average molecular weight is 566 g/mol. The number of benzene rings is 2. The lowest BCUT2D eigenvalue weighted by Gasteiger charge is -2.18. The molecule has 3 rings (SSSR count). The lowest BCUT2D eigenvalue weighted by molar-refractivity contribution is -0.135. The molecule has 13 heteroatoms. The number of carbonyl (C=O) groups is 5. The number of pyridine rings is 1. The van der Waals surface area contributed by atoms with E-state index < -0.39 is 53.1 Å². The van der Waals surface area contributed by atoms with Gasteiger partial charge in [-0.2, -0.15) is 0 Å². The minimum Gasteiger partial charge on any atom is -0.506 e. The van der Waals surface area contributed by atoms with Crippen molar-refractivity contribution < 1.29 is 34.2 Å². The maximum atomic E-state index is 12.6. The fourth-order valence-electron chi connectivity index (χ4n) is 4.24. The van der Waals surface area contributed by atoms with Gasteiger partial charge in [-0.15, -0.1) is 0 Å². The zero-order chi connectivity index (χ0) is 30.1. The van der Waals surface area contributed by atoms with E-state index in [1.165, 1.54) is 26.1 Å². The molecule has 216 valence electrons. The van der Waals surface area contributed by atoms with Crippen molar-refractivity contribution in [2.75, 3.05) is 13.1 Å². The highest BCUT2D eigenvalue weighted by Gasteiger charge is 2.22. The van der Waals surface area contributed by atoms with E-state index in [1.54, 1.807) is 6.07 Å². The Morgan fingerprint density at radius 2 is 1.61 bits per heavy atom. The van der Waals surface area contributed by atoms with Gasteiger partial charge in [0, 0.05) is 38.4 Å². The van der Waals surface area contributed by atoms with Crippen LogP contribution in [0, 0.1) is 0 Å². The van der Waals surface area contributed by atoms with Crippen LogP contribution in [0.4, 0.5) is 0 Å². The van der Waals surface area contributed by atoms with E-state index in [-0.39, 0.29) is 30.8 Å². The summed E-state index contributed by atoms with van der Waals surface area (Å²) in [6.07, 6.45) is 0.427. The number of rotatable bonds is 12. The third-order valence-electron chi connectivity index (χ3n) is 6.16. The summed E-state index contributed by atoms with van der Waals surface area (Å²) in [5.41, 5.74) is 0.380. The smallest absolute Gasteiger partial charge is 0.322 e. The molecule has 0 unspecified atom stereocenters. The van der Waals surface area contributed by atoms with Gasteiger partial charge in [0.15, 0.2) is 0 Å². The second-order valence-electron chi connectivity index (χ2n) is 9.36. The number of aromatic nitrogens is 1. The predicted octanol–water partition coefficient (Wildman–Crippen LogP) is -0.0716. The number of carboxylic acid groups (broad SMARTS) is 1. The molecule has 0 saturated carbocycles. The van der Waals surface area contributed by atoms with Gasteiger partial charge in [-0.25, -0.2) is 0 Å². The van der Waals surface area contributed by atoms with Crippen molar-refractivity contribution in [1.82, 2.24) is 25.8 Å². The normalized spacial score (nSPS) is 11.4. The van der Waals surface area contributed by atoms with Crippen molar-refractivity contribution in [2.45, 2.75) is 32.4 Å². The van der Waals surface area contributed by atoms with Crippen molar-refractivity contribution in [3.05, 3.63) is 75.6 Å². The standard InChI is InChI=1S/C28H31N5O8/c1-16(34)32-19(10-17-6-4-3-5-7-17)12-22(35)30-14-23(36)29-13-18-8-9-21-20(11-18)26(39)25(28(41)33(21)2)27(40)31-15-24(37)38/h3-9,11,19,39H,10,12-15H2,1-2H3,(H,29,36)(H,30,35)(H,31,40)(H,32,34)(H,37,38)/t19-/m0/s1. The minimum absolute atomic E-state index is 0.00991. The second-order valence-corrected chi connectivity index (χ2v) is 9.36. The fraction of sp³-hybridized carbons (Fsp3) is 0.286. The summed E-state index contributed by atoms with van der Waals surface area (Å²) in [4.78, 5) is 72.1. The Bertz CT molecular complexity index is 1530. The van der Waals surface area contributed by atoms with Gasteiger partial charge >= 0.3 is 5.97 Å². The Morgan fingerprint density at radius 1 is 0.902 bits per heavy atom. The number of nitrogens with one attached hydrogen (secondary N) is 4. The molecule has 2 aromatic carbocycles.